The van der Waals surface area contributed by atoms with Crippen LogP contribution in [0.5, 0.6) is 5.75 Å². The van der Waals surface area contributed by atoms with Gasteiger partial charge in [-0.15, -0.1) is 5.54 Å². The third kappa shape index (κ3) is 8.74. The summed E-state index contributed by atoms with van der Waals surface area (Å²) in [5.41, 5.74) is 10.7. The van der Waals surface area contributed by atoms with E-state index in [1.807, 2.05) is 18.2 Å². The number of ether oxygens (including phenoxy) is 3. The van der Waals surface area contributed by atoms with E-state index in [9.17, 15) is 10.1 Å². The van der Waals surface area contributed by atoms with Crippen molar-refractivity contribution in [2.75, 3.05) is 31.9 Å². The van der Waals surface area contributed by atoms with Crippen LogP contribution in [0.2, 0.25) is 45.3 Å². The fourth-order valence-electron chi connectivity index (χ4n) is 3.73. The smallest absolute Gasteiger partial charge is 0.254 e. The van der Waals surface area contributed by atoms with Gasteiger partial charge in [0.25, 0.3) is 5.91 Å². The quantitative estimate of drug-likeness (QED) is 0.188. The second kappa shape index (κ2) is 12.6. The fourth-order valence-corrected chi connectivity index (χ4v) is 5.00. The van der Waals surface area contributed by atoms with Gasteiger partial charge in [-0.2, -0.15) is 10.4 Å². The molecule has 204 valence electrons. The number of amides is 1. The molecule has 0 saturated carbocycles. The maximum Gasteiger partial charge on any atom is 0.254 e. The van der Waals surface area contributed by atoms with Gasteiger partial charge < -0.3 is 25.3 Å². The summed E-state index contributed by atoms with van der Waals surface area (Å²) in [7, 11) is -2.82. The highest BCUT2D eigenvalue weighted by Crippen LogP contribution is 2.30. The van der Waals surface area contributed by atoms with Gasteiger partial charge in [-0.1, -0.05) is 45.2 Å². The van der Waals surface area contributed by atoms with Gasteiger partial charge in [0, 0.05) is 33.2 Å². The number of benzene rings is 1. The van der Waals surface area contributed by atoms with E-state index < -0.39 is 22.1 Å². The van der Waals surface area contributed by atoms with E-state index >= 15 is 0 Å². The summed E-state index contributed by atoms with van der Waals surface area (Å²) in [5.74, 6) is 3.35. The van der Waals surface area contributed by atoms with Crippen molar-refractivity contribution in [3.05, 3.63) is 35.5 Å². The highest BCUT2D eigenvalue weighted by atomic mass is 28.3. The number of nitriles is 1. The highest BCUT2D eigenvalue weighted by Gasteiger charge is 2.29. The Balaban J connectivity index is 1.84. The van der Waals surface area contributed by atoms with Crippen LogP contribution in [0.15, 0.2) is 24.4 Å². The first-order valence-corrected chi connectivity index (χ1v) is 20.1. The third-order valence-electron chi connectivity index (χ3n) is 5.94. The lowest BCUT2D eigenvalue weighted by atomic mass is 9.97. The Hall–Kier alpha value is -3.10. The van der Waals surface area contributed by atoms with Gasteiger partial charge in [0.2, 0.25) is 0 Å². The van der Waals surface area contributed by atoms with Gasteiger partial charge in [0.05, 0.1) is 30.2 Å². The van der Waals surface area contributed by atoms with Crippen molar-refractivity contribution < 1.29 is 19.0 Å². The summed E-state index contributed by atoms with van der Waals surface area (Å²) in [6.07, 6.45) is 2.19. The number of nitrogens with zero attached hydrogens (tertiary/aromatic N) is 3. The van der Waals surface area contributed by atoms with Crippen LogP contribution >= 0.6 is 0 Å². The molecule has 1 aliphatic heterocycles. The molecule has 1 fully saturated rings. The van der Waals surface area contributed by atoms with Gasteiger partial charge in [-0.3, -0.25) is 9.48 Å². The van der Waals surface area contributed by atoms with E-state index in [0.29, 0.717) is 43.5 Å². The minimum Gasteiger partial charge on any atom is -0.466 e. The average Bonchev–Trinajstić information content (AvgIpc) is 3.26. The lowest BCUT2D eigenvalue weighted by Gasteiger charge is -2.26. The van der Waals surface area contributed by atoms with Gasteiger partial charge in [-0.05, 0) is 30.7 Å². The molecule has 9 nitrogen and oxygen atoms in total. The Labute approximate surface area is 227 Å². The van der Waals surface area contributed by atoms with Crippen molar-refractivity contribution in [1.82, 2.24) is 9.78 Å². The number of aromatic nitrogens is 2. The number of carbonyl (C=O) groups is 1. The van der Waals surface area contributed by atoms with Crippen LogP contribution in [0.25, 0.3) is 0 Å². The van der Waals surface area contributed by atoms with Gasteiger partial charge in [-0.25, -0.2) is 0 Å². The Bertz CT molecular complexity index is 1230. The summed E-state index contributed by atoms with van der Waals surface area (Å²) >= 11 is 0. The van der Waals surface area contributed by atoms with Crippen LogP contribution < -0.4 is 15.8 Å². The van der Waals surface area contributed by atoms with Crippen LogP contribution in [0.1, 0.15) is 28.4 Å². The summed E-state index contributed by atoms with van der Waals surface area (Å²) in [4.78, 5) is 12.2. The molecule has 0 unspecified atom stereocenters. The SMILES string of the molecule is C[Si](C)(C)C#Cc1cc(Nc2nn([C@@H]3COCC[C@H]3C#N)cc2C(N)=O)ccc1OCOCC[Si](C)(C)C. The zero-order valence-electron chi connectivity index (χ0n) is 23.3. The van der Waals surface area contributed by atoms with Gasteiger partial charge in [0.1, 0.15) is 19.4 Å². The lowest BCUT2D eigenvalue weighted by molar-refractivity contribution is 0.0219. The first-order valence-electron chi connectivity index (χ1n) is 12.9. The second-order valence-corrected chi connectivity index (χ2v) is 22.1. The molecule has 1 amide bonds. The van der Waals surface area contributed by atoms with E-state index in [1.165, 1.54) is 0 Å². The fraction of sp³-hybridized carbons (Fsp3) is 0.519. The number of anilines is 2. The average molecular weight is 554 g/mol. The molecule has 3 rings (SSSR count). The predicted octanol–water partition coefficient (Wildman–Crippen LogP) is 4.75. The molecular formula is C27H39N5O4Si2. The molecule has 0 bridgehead atoms. The molecular weight excluding hydrogens is 515 g/mol. The summed E-state index contributed by atoms with van der Waals surface area (Å²) < 4.78 is 18.8. The highest BCUT2D eigenvalue weighted by molar-refractivity contribution is 6.83. The van der Waals surface area contributed by atoms with E-state index in [4.69, 9.17) is 19.9 Å². The largest absolute Gasteiger partial charge is 0.466 e. The van der Waals surface area contributed by atoms with E-state index in [-0.39, 0.29) is 24.3 Å². The molecule has 1 saturated heterocycles. The minimum absolute atomic E-state index is 0.151. The predicted molar refractivity (Wildman–Crippen MR) is 154 cm³/mol. The molecule has 38 heavy (non-hydrogen) atoms. The number of hydrogen-bond acceptors (Lipinski definition) is 7. The molecule has 0 aliphatic carbocycles. The number of primary amides is 1. The molecule has 0 radical (unpaired) electrons. The zero-order chi connectivity index (χ0) is 27.9. The second-order valence-electron chi connectivity index (χ2n) is 11.7. The number of carbonyl (C=O) groups excluding carboxylic acids is 1. The summed E-state index contributed by atoms with van der Waals surface area (Å²) in [5, 5.41) is 17.3. The number of nitrogens with two attached hydrogens (primary N) is 1. The van der Waals surface area contributed by atoms with Crippen LogP contribution in [0, 0.1) is 28.7 Å². The molecule has 2 atom stereocenters. The Kier molecular flexibility index (Phi) is 9.79. The number of nitrogens with one attached hydrogen (secondary N) is 1. The van der Waals surface area contributed by atoms with Gasteiger partial charge >= 0.3 is 0 Å². The van der Waals surface area contributed by atoms with Gasteiger partial charge in [0.15, 0.2) is 12.6 Å². The molecule has 1 aromatic carbocycles. The maximum atomic E-state index is 12.2. The number of hydrogen-bond donors (Lipinski definition) is 2. The molecule has 0 spiro atoms. The van der Waals surface area contributed by atoms with Crippen molar-refractivity contribution in [1.29, 1.82) is 5.26 Å². The summed E-state index contributed by atoms with van der Waals surface area (Å²) in [6.45, 7) is 15.2. The third-order valence-corrected chi connectivity index (χ3v) is 8.52. The topological polar surface area (TPSA) is 124 Å². The zero-order valence-corrected chi connectivity index (χ0v) is 25.3. The number of rotatable bonds is 10. The molecule has 3 N–H and O–H groups in total. The van der Waals surface area contributed by atoms with E-state index in [1.54, 1.807) is 10.9 Å². The molecule has 1 aromatic heterocycles. The van der Waals surface area contributed by atoms with Crippen molar-refractivity contribution in [3.63, 3.8) is 0 Å². The van der Waals surface area contributed by atoms with E-state index in [0.717, 1.165) is 11.6 Å². The molecule has 2 aromatic rings. The van der Waals surface area contributed by atoms with Crippen LogP contribution in [-0.2, 0) is 9.47 Å². The first kappa shape index (κ1) is 29.5. The van der Waals surface area contributed by atoms with Crippen molar-refractivity contribution >= 4 is 33.6 Å². The van der Waals surface area contributed by atoms with Crippen molar-refractivity contribution in [3.8, 4) is 23.3 Å². The molecule has 1 aliphatic rings. The Morgan fingerprint density at radius 1 is 1.29 bits per heavy atom. The van der Waals surface area contributed by atoms with Crippen LogP contribution in [-0.4, -0.2) is 58.4 Å². The van der Waals surface area contributed by atoms with Crippen LogP contribution in [0.4, 0.5) is 11.5 Å². The van der Waals surface area contributed by atoms with Crippen LogP contribution in [0.3, 0.4) is 0 Å². The normalized spacial score (nSPS) is 17.7. The minimum atomic E-state index is -1.65. The van der Waals surface area contributed by atoms with E-state index in [2.05, 4.69) is 67.2 Å². The van der Waals surface area contributed by atoms with Crippen molar-refractivity contribution in [2.45, 2.75) is 57.8 Å². The Morgan fingerprint density at radius 2 is 2.05 bits per heavy atom. The lowest BCUT2D eigenvalue weighted by Crippen LogP contribution is -2.29. The standard InChI is InChI=1S/C27H39N5O4Si2/c1-37(2,3)13-10-20-15-22(7-8-25(20)36-19-35-12-14-38(4,5)6)30-27-23(26(29)33)17-32(31-27)24-18-34-11-9-21(24)16-28/h7-8,15,17,21,24H,9,11-12,14,18-19H2,1-6H3,(H2,29,33)(H,30,31)/t21-,24+/m0/s1. The molecule has 11 heteroatoms. The first-order chi connectivity index (χ1) is 17.9. The van der Waals surface area contributed by atoms with Crippen molar-refractivity contribution in [2.24, 2.45) is 11.7 Å². The summed E-state index contributed by atoms with van der Waals surface area (Å²) in [6, 6.07) is 8.63. The monoisotopic (exact) mass is 553 g/mol. The molecule has 2 heterocycles. The maximum absolute atomic E-state index is 12.2. The Morgan fingerprint density at radius 3 is 2.71 bits per heavy atom.